The molecule has 1 aliphatic carbocycles. The quantitative estimate of drug-likeness (QED) is 0.892. The lowest BCUT2D eigenvalue weighted by molar-refractivity contribution is 0.0950. The number of benzene rings is 1. The monoisotopic (exact) mass is 294 g/mol. The first kappa shape index (κ1) is 12.9. The first-order chi connectivity index (χ1) is 8.83. The summed E-state index contributed by atoms with van der Waals surface area (Å²) in [5.41, 5.74) is 0. The fourth-order valence-corrected chi connectivity index (χ4v) is 3.91. The van der Waals surface area contributed by atoms with Crippen molar-refractivity contribution in [2.75, 3.05) is 13.1 Å². The molecule has 2 aliphatic rings. The lowest BCUT2D eigenvalue weighted by Crippen LogP contribution is -2.32. The Morgan fingerprint density at radius 1 is 1.26 bits per heavy atom. The van der Waals surface area contributed by atoms with Crippen LogP contribution in [-0.2, 0) is 0 Å². The fourth-order valence-electron chi connectivity index (χ4n) is 2.95. The molecule has 0 radical (unpaired) electrons. The number of amides is 1. The van der Waals surface area contributed by atoms with Crippen LogP contribution in [0, 0.1) is 11.8 Å². The van der Waals surface area contributed by atoms with Crippen molar-refractivity contribution < 1.29 is 4.79 Å². The molecule has 1 saturated carbocycles. The third kappa shape index (κ3) is 2.14. The molecule has 1 aromatic heterocycles. The molecule has 5 heteroatoms. The minimum Gasteiger partial charge on any atom is -0.348 e. The largest absolute Gasteiger partial charge is 0.348 e. The minimum absolute atomic E-state index is 0. The first-order valence-electron chi connectivity index (χ1n) is 6.33. The van der Waals surface area contributed by atoms with E-state index in [1.165, 1.54) is 4.70 Å². The summed E-state index contributed by atoms with van der Waals surface area (Å²) in [7, 11) is 0. The van der Waals surface area contributed by atoms with Gasteiger partial charge in [0.15, 0.2) is 0 Å². The Balaban J connectivity index is 0.00000110. The maximum Gasteiger partial charge on any atom is 0.261 e. The number of nitrogens with one attached hydrogen (secondary N) is 2. The summed E-state index contributed by atoms with van der Waals surface area (Å²) in [5, 5.41) is 7.66. The van der Waals surface area contributed by atoms with Crippen LogP contribution in [0.1, 0.15) is 9.67 Å². The van der Waals surface area contributed by atoms with Crippen molar-refractivity contribution in [2.45, 2.75) is 6.04 Å². The van der Waals surface area contributed by atoms with Gasteiger partial charge in [-0.25, -0.2) is 0 Å². The van der Waals surface area contributed by atoms with Crippen molar-refractivity contribution in [1.82, 2.24) is 10.6 Å². The van der Waals surface area contributed by atoms with Crippen molar-refractivity contribution >= 4 is 39.7 Å². The molecule has 1 amide bonds. The summed E-state index contributed by atoms with van der Waals surface area (Å²) in [6.45, 7) is 2.12. The molecule has 2 unspecified atom stereocenters. The highest BCUT2D eigenvalue weighted by atomic mass is 35.5. The van der Waals surface area contributed by atoms with E-state index in [1.54, 1.807) is 11.3 Å². The van der Waals surface area contributed by atoms with Gasteiger partial charge in [-0.05, 0) is 29.4 Å². The van der Waals surface area contributed by atoms with Crippen molar-refractivity contribution in [1.29, 1.82) is 0 Å². The lowest BCUT2D eigenvalue weighted by Gasteiger charge is -2.05. The van der Waals surface area contributed by atoms with E-state index >= 15 is 0 Å². The number of hydrogen-bond acceptors (Lipinski definition) is 3. The lowest BCUT2D eigenvalue weighted by atomic mass is 10.2. The van der Waals surface area contributed by atoms with Gasteiger partial charge >= 0.3 is 0 Å². The molecule has 0 bridgehead atoms. The number of piperidine rings is 1. The van der Waals surface area contributed by atoms with Crippen LogP contribution in [0.5, 0.6) is 0 Å². The Hall–Kier alpha value is -1.10. The Morgan fingerprint density at radius 2 is 2.00 bits per heavy atom. The molecule has 2 atom stereocenters. The van der Waals surface area contributed by atoms with E-state index in [0.29, 0.717) is 17.9 Å². The number of hydrogen-bond donors (Lipinski definition) is 2. The number of fused-ring (bicyclic) bond motifs is 2. The second-order valence-corrected chi connectivity index (χ2v) is 6.22. The maximum atomic E-state index is 12.2. The second-order valence-electron chi connectivity index (χ2n) is 5.13. The molecule has 1 saturated heterocycles. The summed E-state index contributed by atoms with van der Waals surface area (Å²) >= 11 is 1.58. The van der Waals surface area contributed by atoms with Gasteiger partial charge in [0, 0.05) is 23.8 Å². The SMILES string of the molecule is Cl.O=C(NC1C2CNCC21)c1cc2ccccc2s1. The zero-order valence-electron chi connectivity index (χ0n) is 10.3. The van der Waals surface area contributed by atoms with E-state index in [2.05, 4.69) is 22.8 Å². The molecular weight excluding hydrogens is 280 g/mol. The van der Waals surface area contributed by atoms with Crippen molar-refractivity contribution in [2.24, 2.45) is 11.8 Å². The van der Waals surface area contributed by atoms with Crippen molar-refractivity contribution in [3.63, 3.8) is 0 Å². The molecule has 3 nitrogen and oxygen atoms in total. The van der Waals surface area contributed by atoms with Crippen LogP contribution in [0.4, 0.5) is 0 Å². The normalized spacial score (nSPS) is 27.7. The average molecular weight is 295 g/mol. The van der Waals surface area contributed by atoms with Crippen LogP contribution in [0.15, 0.2) is 30.3 Å². The van der Waals surface area contributed by atoms with Crippen LogP contribution in [0.3, 0.4) is 0 Å². The molecule has 1 aliphatic heterocycles. The number of carbonyl (C=O) groups excluding carboxylic acids is 1. The highest BCUT2D eigenvalue weighted by Gasteiger charge is 2.53. The van der Waals surface area contributed by atoms with Gasteiger partial charge in [0.1, 0.15) is 0 Å². The van der Waals surface area contributed by atoms with Gasteiger partial charge < -0.3 is 10.6 Å². The predicted molar refractivity (Wildman–Crippen MR) is 80.2 cm³/mol. The summed E-state index contributed by atoms with van der Waals surface area (Å²) in [6.07, 6.45) is 0. The van der Waals surface area contributed by atoms with E-state index in [4.69, 9.17) is 0 Å². The fraction of sp³-hybridized carbons (Fsp3) is 0.357. The summed E-state index contributed by atoms with van der Waals surface area (Å²) in [4.78, 5) is 13.0. The zero-order valence-corrected chi connectivity index (χ0v) is 11.9. The molecule has 2 aromatic rings. The van der Waals surface area contributed by atoms with Crippen LogP contribution in [0.25, 0.3) is 10.1 Å². The van der Waals surface area contributed by atoms with E-state index in [1.807, 2.05) is 18.2 Å². The van der Waals surface area contributed by atoms with Gasteiger partial charge in [-0.3, -0.25) is 4.79 Å². The Kier molecular flexibility index (Phi) is 3.25. The molecule has 1 aromatic carbocycles. The van der Waals surface area contributed by atoms with Crippen molar-refractivity contribution in [3.05, 3.63) is 35.2 Å². The topological polar surface area (TPSA) is 41.1 Å². The Morgan fingerprint density at radius 3 is 2.74 bits per heavy atom. The van der Waals surface area contributed by atoms with Crippen LogP contribution in [-0.4, -0.2) is 25.0 Å². The van der Waals surface area contributed by atoms with E-state index in [-0.39, 0.29) is 18.3 Å². The Labute approximate surface area is 121 Å². The van der Waals surface area contributed by atoms with Crippen LogP contribution >= 0.6 is 23.7 Å². The third-order valence-electron chi connectivity index (χ3n) is 4.04. The molecule has 0 spiro atoms. The average Bonchev–Trinajstić information content (AvgIpc) is 2.84. The molecular formula is C14H15ClN2OS. The standard InChI is InChI=1S/C14H14N2OS.ClH/c17-14(16-13-9-6-15-7-10(9)13)12-5-8-3-1-2-4-11(8)18-12;/h1-5,9-10,13,15H,6-7H2,(H,16,17);1H. The number of rotatable bonds is 2. The molecule has 19 heavy (non-hydrogen) atoms. The van der Waals surface area contributed by atoms with Crippen LogP contribution in [0.2, 0.25) is 0 Å². The number of halogens is 1. The van der Waals surface area contributed by atoms with Gasteiger partial charge in [0.05, 0.1) is 4.88 Å². The van der Waals surface area contributed by atoms with Gasteiger partial charge in [-0.15, -0.1) is 23.7 Å². The zero-order chi connectivity index (χ0) is 12.1. The molecule has 100 valence electrons. The predicted octanol–water partition coefficient (Wildman–Crippen LogP) is 2.27. The number of thiophene rings is 1. The highest BCUT2D eigenvalue weighted by Crippen LogP contribution is 2.41. The van der Waals surface area contributed by atoms with Gasteiger partial charge in [0.2, 0.25) is 0 Å². The molecule has 4 rings (SSSR count). The number of carbonyl (C=O) groups is 1. The summed E-state index contributed by atoms with van der Waals surface area (Å²) < 4.78 is 1.18. The first-order valence-corrected chi connectivity index (χ1v) is 7.15. The Bertz CT molecular complexity index is 584. The van der Waals surface area contributed by atoms with Gasteiger partial charge in [-0.1, -0.05) is 18.2 Å². The summed E-state index contributed by atoms with van der Waals surface area (Å²) in [6, 6.07) is 10.5. The van der Waals surface area contributed by atoms with E-state index < -0.39 is 0 Å². The molecule has 2 heterocycles. The third-order valence-corrected chi connectivity index (χ3v) is 5.15. The van der Waals surface area contributed by atoms with Crippen LogP contribution < -0.4 is 10.6 Å². The minimum atomic E-state index is 0. The van der Waals surface area contributed by atoms with E-state index in [0.717, 1.165) is 23.4 Å². The summed E-state index contributed by atoms with van der Waals surface area (Å²) in [5.74, 6) is 1.43. The van der Waals surface area contributed by atoms with Gasteiger partial charge in [0.25, 0.3) is 5.91 Å². The van der Waals surface area contributed by atoms with Crippen molar-refractivity contribution in [3.8, 4) is 0 Å². The highest BCUT2D eigenvalue weighted by molar-refractivity contribution is 7.20. The molecule has 2 fully saturated rings. The maximum absolute atomic E-state index is 12.2. The molecule has 2 N–H and O–H groups in total. The van der Waals surface area contributed by atoms with Gasteiger partial charge in [-0.2, -0.15) is 0 Å². The van der Waals surface area contributed by atoms with E-state index in [9.17, 15) is 4.79 Å². The smallest absolute Gasteiger partial charge is 0.261 e. The second kappa shape index (κ2) is 4.78.